The van der Waals surface area contributed by atoms with Crippen LogP contribution in [0, 0.1) is 0 Å². The fourth-order valence-electron chi connectivity index (χ4n) is 3.69. The zero-order chi connectivity index (χ0) is 24.2. The third-order valence-electron chi connectivity index (χ3n) is 5.61. The topological polar surface area (TPSA) is 84.3 Å². The lowest BCUT2D eigenvalue weighted by atomic mass is 10.1. The summed E-state index contributed by atoms with van der Waals surface area (Å²) in [6, 6.07) is 12.3. The van der Waals surface area contributed by atoms with Crippen LogP contribution in [0.2, 0.25) is 5.02 Å². The molecule has 1 heterocycles. The van der Waals surface area contributed by atoms with E-state index in [1.807, 2.05) is 25.1 Å². The van der Waals surface area contributed by atoms with Crippen LogP contribution in [-0.2, 0) is 27.8 Å². The molecule has 0 aliphatic rings. The third kappa shape index (κ3) is 5.93. The Kier molecular flexibility index (Phi) is 8.15. The number of hydrogen-bond acceptors (Lipinski definition) is 4. The first-order valence-electron chi connectivity index (χ1n) is 11.1. The number of halogens is 1. The second-order valence-corrected chi connectivity index (χ2v) is 10.9. The molecule has 33 heavy (non-hydrogen) atoms. The number of amides is 1. The predicted molar refractivity (Wildman–Crippen MR) is 132 cm³/mol. The summed E-state index contributed by atoms with van der Waals surface area (Å²) in [6.45, 7) is 4.81. The first kappa shape index (κ1) is 25.2. The van der Waals surface area contributed by atoms with Crippen molar-refractivity contribution in [1.82, 2.24) is 19.2 Å². The Morgan fingerprint density at radius 1 is 1.21 bits per heavy atom. The minimum absolute atomic E-state index is 0.0764. The minimum atomic E-state index is -3.55. The highest BCUT2D eigenvalue weighted by Gasteiger charge is 2.20. The summed E-state index contributed by atoms with van der Waals surface area (Å²) < 4.78 is 28.3. The normalized spacial score (nSPS) is 12.9. The molecule has 0 fully saturated rings. The number of carbonyl (C=O) groups excluding carboxylic acids is 1. The van der Waals surface area contributed by atoms with Gasteiger partial charge in [0, 0.05) is 38.5 Å². The smallest absolute Gasteiger partial charge is 0.242 e. The Labute approximate surface area is 200 Å². The summed E-state index contributed by atoms with van der Waals surface area (Å²) in [6.07, 6.45) is 2.73. The molecule has 0 saturated heterocycles. The first-order valence-corrected chi connectivity index (χ1v) is 12.9. The van der Waals surface area contributed by atoms with Gasteiger partial charge in [0.2, 0.25) is 15.9 Å². The van der Waals surface area contributed by atoms with Gasteiger partial charge in [-0.3, -0.25) is 4.79 Å². The predicted octanol–water partition coefficient (Wildman–Crippen LogP) is 4.55. The van der Waals surface area contributed by atoms with E-state index < -0.39 is 10.0 Å². The Hall–Kier alpha value is -2.42. The maximum absolute atomic E-state index is 12.6. The van der Waals surface area contributed by atoms with Crippen LogP contribution in [0.15, 0.2) is 47.4 Å². The quantitative estimate of drug-likeness (QED) is 0.452. The van der Waals surface area contributed by atoms with Gasteiger partial charge in [0.15, 0.2) is 0 Å². The number of imidazole rings is 1. The Balaban J connectivity index is 1.80. The van der Waals surface area contributed by atoms with Crippen molar-refractivity contribution in [2.45, 2.75) is 57.0 Å². The van der Waals surface area contributed by atoms with Crippen molar-refractivity contribution >= 4 is 38.6 Å². The molecule has 0 bridgehead atoms. The molecule has 1 atom stereocenters. The molecule has 0 aliphatic heterocycles. The Morgan fingerprint density at radius 3 is 2.64 bits per heavy atom. The molecule has 0 saturated carbocycles. The number of sulfonamides is 1. The highest BCUT2D eigenvalue weighted by atomic mass is 35.5. The summed E-state index contributed by atoms with van der Waals surface area (Å²) in [4.78, 5) is 17.5. The van der Waals surface area contributed by atoms with Crippen LogP contribution >= 0.6 is 11.6 Å². The molecule has 3 rings (SSSR count). The number of nitrogens with zero attached hydrogens (tertiary/aromatic N) is 3. The molecule has 9 heteroatoms. The molecular formula is C24H31ClN4O3S. The lowest BCUT2D eigenvalue weighted by Crippen LogP contribution is -2.27. The molecule has 178 valence electrons. The highest BCUT2D eigenvalue weighted by molar-refractivity contribution is 7.89. The summed E-state index contributed by atoms with van der Waals surface area (Å²) >= 11 is 6.06. The van der Waals surface area contributed by atoms with Crippen LogP contribution in [0.1, 0.15) is 50.5 Å². The highest BCUT2D eigenvalue weighted by Crippen LogP contribution is 2.24. The van der Waals surface area contributed by atoms with Gasteiger partial charge in [-0.2, -0.15) is 0 Å². The fourth-order valence-corrected chi connectivity index (χ4v) is 4.81. The molecule has 1 N–H and O–H groups in total. The van der Waals surface area contributed by atoms with Crippen LogP contribution in [0.3, 0.4) is 0 Å². The van der Waals surface area contributed by atoms with Gasteiger partial charge in [-0.15, -0.1) is 0 Å². The van der Waals surface area contributed by atoms with Crippen LogP contribution in [0.4, 0.5) is 0 Å². The van der Waals surface area contributed by atoms with Crippen molar-refractivity contribution in [3.8, 4) is 0 Å². The number of carbonyl (C=O) groups is 1. The van der Waals surface area contributed by atoms with Gasteiger partial charge in [-0.25, -0.2) is 17.7 Å². The van der Waals surface area contributed by atoms with E-state index in [1.54, 1.807) is 24.3 Å². The van der Waals surface area contributed by atoms with Crippen LogP contribution in [-0.4, -0.2) is 42.3 Å². The lowest BCUT2D eigenvalue weighted by Gasteiger charge is -2.15. The molecule has 3 aromatic rings. The average molecular weight is 491 g/mol. The van der Waals surface area contributed by atoms with E-state index in [4.69, 9.17) is 16.6 Å². The summed E-state index contributed by atoms with van der Waals surface area (Å²) in [5.74, 6) is 0.704. The van der Waals surface area contributed by atoms with E-state index in [-0.39, 0.29) is 23.3 Å². The Bertz CT molecular complexity index is 1240. The van der Waals surface area contributed by atoms with Crippen molar-refractivity contribution < 1.29 is 13.2 Å². The number of fused-ring (bicyclic) bond motifs is 1. The molecule has 1 unspecified atom stereocenters. The van der Waals surface area contributed by atoms with Gasteiger partial charge in [-0.1, -0.05) is 37.1 Å². The zero-order valence-corrected chi connectivity index (χ0v) is 21.1. The standard InChI is InChI=1S/C24H31ClN4O3S/c1-5-6-14-29-22-11-10-20(33(31,32)28(3)4)16-21(22)27-23(29)12-13-24(30)26-17(2)18-8-7-9-19(25)15-18/h7-11,15-17H,5-6,12-14H2,1-4H3,(H,26,30). The van der Waals surface area contributed by atoms with Gasteiger partial charge in [0.05, 0.1) is 22.0 Å². The maximum atomic E-state index is 12.6. The van der Waals surface area contributed by atoms with Gasteiger partial charge in [-0.05, 0) is 49.2 Å². The second-order valence-electron chi connectivity index (χ2n) is 8.32. The maximum Gasteiger partial charge on any atom is 0.242 e. The molecule has 0 aliphatic carbocycles. The summed E-state index contributed by atoms with van der Waals surface area (Å²) in [5, 5.41) is 3.65. The number of benzene rings is 2. The number of rotatable bonds is 10. The molecular weight excluding hydrogens is 460 g/mol. The van der Waals surface area contributed by atoms with E-state index in [2.05, 4.69) is 16.8 Å². The molecule has 0 spiro atoms. The second kappa shape index (κ2) is 10.7. The van der Waals surface area contributed by atoms with E-state index in [1.165, 1.54) is 18.4 Å². The first-order chi connectivity index (χ1) is 15.6. The van der Waals surface area contributed by atoms with E-state index in [9.17, 15) is 13.2 Å². The van der Waals surface area contributed by atoms with E-state index >= 15 is 0 Å². The van der Waals surface area contributed by atoms with Crippen LogP contribution in [0.25, 0.3) is 11.0 Å². The minimum Gasteiger partial charge on any atom is -0.350 e. The van der Waals surface area contributed by atoms with Crippen molar-refractivity contribution in [2.24, 2.45) is 0 Å². The van der Waals surface area contributed by atoms with Crippen molar-refractivity contribution in [2.75, 3.05) is 14.1 Å². The van der Waals surface area contributed by atoms with Gasteiger partial charge in [0.25, 0.3) is 0 Å². The van der Waals surface area contributed by atoms with Crippen molar-refractivity contribution in [1.29, 1.82) is 0 Å². The fraction of sp³-hybridized carbons (Fsp3) is 0.417. The zero-order valence-electron chi connectivity index (χ0n) is 19.5. The summed E-state index contributed by atoms with van der Waals surface area (Å²) in [5.41, 5.74) is 2.45. The van der Waals surface area contributed by atoms with Crippen molar-refractivity contribution in [3.05, 3.63) is 58.9 Å². The molecule has 0 radical (unpaired) electrons. The summed E-state index contributed by atoms with van der Waals surface area (Å²) in [7, 11) is -0.532. The molecule has 1 aromatic heterocycles. The average Bonchev–Trinajstić information content (AvgIpc) is 3.12. The van der Waals surface area contributed by atoms with E-state index in [0.717, 1.165) is 36.3 Å². The van der Waals surface area contributed by atoms with Gasteiger partial charge in [0.1, 0.15) is 5.82 Å². The van der Waals surface area contributed by atoms with Gasteiger partial charge >= 0.3 is 0 Å². The Morgan fingerprint density at radius 2 is 1.97 bits per heavy atom. The third-order valence-corrected chi connectivity index (χ3v) is 7.66. The molecule has 2 aromatic carbocycles. The monoisotopic (exact) mass is 490 g/mol. The lowest BCUT2D eigenvalue weighted by molar-refractivity contribution is -0.121. The number of hydrogen-bond donors (Lipinski definition) is 1. The SMILES string of the molecule is CCCCn1c(CCC(=O)NC(C)c2cccc(Cl)c2)nc2cc(S(=O)(=O)N(C)C)ccc21. The molecule has 1 amide bonds. The largest absolute Gasteiger partial charge is 0.350 e. The number of aromatic nitrogens is 2. The number of unbranched alkanes of at least 4 members (excludes halogenated alkanes) is 1. The van der Waals surface area contributed by atoms with Crippen LogP contribution in [0.5, 0.6) is 0 Å². The van der Waals surface area contributed by atoms with Crippen LogP contribution < -0.4 is 5.32 Å². The number of nitrogens with one attached hydrogen (secondary N) is 1. The van der Waals surface area contributed by atoms with E-state index in [0.29, 0.717) is 17.0 Å². The molecule has 7 nitrogen and oxygen atoms in total. The van der Waals surface area contributed by atoms with Gasteiger partial charge < -0.3 is 9.88 Å². The van der Waals surface area contributed by atoms with Crippen molar-refractivity contribution in [3.63, 3.8) is 0 Å². The number of aryl methyl sites for hydroxylation is 2.